The molecule has 0 amide bonds. The highest BCUT2D eigenvalue weighted by Crippen LogP contribution is 2.25. The normalized spacial score (nSPS) is 17.9. The molecule has 0 saturated heterocycles. The highest BCUT2D eigenvalue weighted by atomic mass is 16.5. The van der Waals surface area contributed by atoms with Crippen LogP contribution in [-0.4, -0.2) is 19.5 Å². The molecule has 0 bridgehead atoms. The molecule has 1 aliphatic rings. The van der Waals surface area contributed by atoms with Gasteiger partial charge in [0.1, 0.15) is 5.75 Å². The Hall–Kier alpha value is -1.77. The van der Waals surface area contributed by atoms with E-state index in [-0.39, 0.29) is 5.78 Å². The molecule has 0 unspecified atom stereocenters. The van der Waals surface area contributed by atoms with Crippen molar-refractivity contribution in [3.05, 3.63) is 41.7 Å². The lowest BCUT2D eigenvalue weighted by atomic mass is 10.0. The van der Waals surface area contributed by atoms with Gasteiger partial charge in [0.2, 0.25) is 0 Å². The van der Waals surface area contributed by atoms with Crippen LogP contribution in [0.15, 0.2) is 36.1 Å². The Labute approximate surface area is 88.3 Å². The van der Waals surface area contributed by atoms with E-state index in [0.717, 1.165) is 0 Å². The van der Waals surface area contributed by atoms with Crippen LogP contribution in [0.4, 0.5) is 0 Å². The topological polar surface area (TPSA) is 35.5 Å². The van der Waals surface area contributed by atoms with E-state index in [1.165, 1.54) is 13.4 Å². The number of carbonyl (C=O) groups excluding carboxylic acids is 1. The Bertz CT molecular complexity index is 407. The quantitative estimate of drug-likeness (QED) is 0.519. The van der Waals surface area contributed by atoms with Crippen molar-refractivity contribution >= 4 is 5.78 Å². The van der Waals surface area contributed by atoms with Gasteiger partial charge in [-0.2, -0.15) is 0 Å². The SMILES string of the molecule is CO/C=C1/CCOc2ccccc2C1=O. The van der Waals surface area contributed by atoms with Gasteiger partial charge in [-0.25, -0.2) is 0 Å². The first-order valence-electron chi connectivity index (χ1n) is 4.81. The van der Waals surface area contributed by atoms with Gasteiger partial charge in [-0.15, -0.1) is 0 Å². The van der Waals surface area contributed by atoms with Crippen LogP contribution in [0.25, 0.3) is 0 Å². The fraction of sp³-hybridized carbons (Fsp3) is 0.250. The molecule has 0 saturated carbocycles. The van der Waals surface area contributed by atoms with E-state index in [4.69, 9.17) is 9.47 Å². The number of rotatable bonds is 1. The van der Waals surface area contributed by atoms with E-state index >= 15 is 0 Å². The van der Waals surface area contributed by atoms with Crippen LogP contribution >= 0.6 is 0 Å². The minimum atomic E-state index is -0.00931. The van der Waals surface area contributed by atoms with Crippen molar-refractivity contribution in [3.63, 3.8) is 0 Å². The number of methoxy groups -OCH3 is 1. The Morgan fingerprint density at radius 1 is 1.40 bits per heavy atom. The van der Waals surface area contributed by atoms with Crippen LogP contribution in [0, 0.1) is 0 Å². The lowest BCUT2D eigenvalue weighted by Crippen LogP contribution is -2.02. The molecule has 3 nitrogen and oxygen atoms in total. The summed E-state index contributed by atoms with van der Waals surface area (Å²) in [6, 6.07) is 7.27. The summed E-state index contributed by atoms with van der Waals surface area (Å²) in [6.07, 6.45) is 2.08. The summed E-state index contributed by atoms with van der Waals surface area (Å²) < 4.78 is 10.4. The molecule has 0 fully saturated rings. The predicted octanol–water partition coefficient (Wildman–Crippen LogP) is 2.18. The molecule has 0 aromatic heterocycles. The molecule has 0 aliphatic carbocycles. The second kappa shape index (κ2) is 4.17. The largest absolute Gasteiger partial charge is 0.504 e. The number of para-hydroxylation sites is 1. The molecule has 0 radical (unpaired) electrons. The van der Waals surface area contributed by atoms with Crippen LogP contribution < -0.4 is 4.74 Å². The second-order valence-electron chi connectivity index (χ2n) is 3.30. The van der Waals surface area contributed by atoms with Crippen LogP contribution in [0.3, 0.4) is 0 Å². The molecule has 3 heteroatoms. The molecule has 2 rings (SSSR count). The monoisotopic (exact) mass is 204 g/mol. The van der Waals surface area contributed by atoms with Crippen LogP contribution in [-0.2, 0) is 4.74 Å². The van der Waals surface area contributed by atoms with Gasteiger partial charge in [0.25, 0.3) is 0 Å². The predicted molar refractivity (Wildman–Crippen MR) is 56.0 cm³/mol. The number of ketones is 1. The van der Waals surface area contributed by atoms with Gasteiger partial charge in [0.05, 0.1) is 25.5 Å². The number of carbonyl (C=O) groups is 1. The fourth-order valence-electron chi connectivity index (χ4n) is 1.59. The Balaban J connectivity index is 2.43. The van der Waals surface area contributed by atoms with E-state index in [0.29, 0.717) is 29.9 Å². The molecule has 1 aliphatic heterocycles. The zero-order chi connectivity index (χ0) is 10.7. The maximum atomic E-state index is 12.0. The first-order valence-corrected chi connectivity index (χ1v) is 4.81. The number of hydrogen-bond acceptors (Lipinski definition) is 3. The smallest absolute Gasteiger partial charge is 0.195 e. The average Bonchev–Trinajstić information content (AvgIpc) is 2.41. The van der Waals surface area contributed by atoms with Crippen molar-refractivity contribution < 1.29 is 14.3 Å². The first-order chi connectivity index (χ1) is 7.33. The van der Waals surface area contributed by atoms with Crippen LogP contribution in [0.5, 0.6) is 5.75 Å². The van der Waals surface area contributed by atoms with Gasteiger partial charge in [0, 0.05) is 12.0 Å². The Morgan fingerprint density at radius 2 is 2.20 bits per heavy atom. The maximum absolute atomic E-state index is 12.0. The van der Waals surface area contributed by atoms with Crippen molar-refractivity contribution in [2.75, 3.05) is 13.7 Å². The summed E-state index contributed by atoms with van der Waals surface area (Å²) in [6.45, 7) is 0.512. The Kier molecular flexibility index (Phi) is 2.72. The van der Waals surface area contributed by atoms with Gasteiger partial charge in [-0.1, -0.05) is 12.1 Å². The molecule has 0 N–H and O–H groups in total. The van der Waals surface area contributed by atoms with Gasteiger partial charge in [-0.05, 0) is 12.1 Å². The molecular formula is C12H12O3. The number of ether oxygens (including phenoxy) is 2. The summed E-state index contributed by atoms with van der Waals surface area (Å²) in [7, 11) is 1.54. The van der Waals surface area contributed by atoms with Crippen molar-refractivity contribution in [3.8, 4) is 5.75 Å². The zero-order valence-electron chi connectivity index (χ0n) is 8.53. The molecule has 15 heavy (non-hydrogen) atoms. The number of hydrogen-bond donors (Lipinski definition) is 0. The molecule has 0 atom stereocenters. The van der Waals surface area contributed by atoms with Crippen molar-refractivity contribution in [2.45, 2.75) is 6.42 Å². The molecule has 1 aromatic rings. The second-order valence-corrected chi connectivity index (χ2v) is 3.30. The highest BCUT2D eigenvalue weighted by molar-refractivity contribution is 6.10. The summed E-state index contributed by atoms with van der Waals surface area (Å²) >= 11 is 0. The highest BCUT2D eigenvalue weighted by Gasteiger charge is 2.20. The summed E-state index contributed by atoms with van der Waals surface area (Å²) in [4.78, 5) is 12.0. The third kappa shape index (κ3) is 1.86. The minimum absolute atomic E-state index is 0.00931. The molecule has 0 spiro atoms. The lowest BCUT2D eigenvalue weighted by Gasteiger charge is -2.03. The van der Waals surface area contributed by atoms with Gasteiger partial charge in [0.15, 0.2) is 5.78 Å². The van der Waals surface area contributed by atoms with E-state index < -0.39 is 0 Å². The van der Waals surface area contributed by atoms with E-state index in [2.05, 4.69) is 0 Å². The molecular weight excluding hydrogens is 192 g/mol. The Morgan fingerprint density at radius 3 is 3.00 bits per heavy atom. The van der Waals surface area contributed by atoms with E-state index in [9.17, 15) is 4.79 Å². The third-order valence-corrected chi connectivity index (χ3v) is 2.31. The maximum Gasteiger partial charge on any atom is 0.195 e. The number of fused-ring (bicyclic) bond motifs is 1. The molecule has 1 aromatic carbocycles. The van der Waals surface area contributed by atoms with Crippen molar-refractivity contribution in [2.24, 2.45) is 0 Å². The number of benzene rings is 1. The van der Waals surface area contributed by atoms with Gasteiger partial charge >= 0.3 is 0 Å². The van der Waals surface area contributed by atoms with Gasteiger partial charge in [-0.3, -0.25) is 4.79 Å². The van der Waals surface area contributed by atoms with Crippen LogP contribution in [0.1, 0.15) is 16.8 Å². The summed E-state index contributed by atoms with van der Waals surface area (Å²) in [5.74, 6) is 0.645. The van der Waals surface area contributed by atoms with Crippen LogP contribution in [0.2, 0.25) is 0 Å². The first kappa shape index (κ1) is 9.77. The minimum Gasteiger partial charge on any atom is -0.504 e. The van der Waals surface area contributed by atoms with E-state index in [1.54, 1.807) is 6.07 Å². The zero-order valence-corrected chi connectivity index (χ0v) is 8.53. The standard InChI is InChI=1S/C12H12O3/c1-14-8-9-6-7-15-11-5-3-2-4-10(11)12(9)13/h2-5,8H,6-7H2,1H3/b9-8-. The lowest BCUT2D eigenvalue weighted by molar-refractivity contribution is 0.102. The van der Waals surface area contributed by atoms with Crippen molar-refractivity contribution in [1.29, 1.82) is 0 Å². The van der Waals surface area contributed by atoms with E-state index in [1.807, 2.05) is 18.2 Å². The molecule has 1 heterocycles. The van der Waals surface area contributed by atoms with Crippen molar-refractivity contribution in [1.82, 2.24) is 0 Å². The molecule has 78 valence electrons. The fourth-order valence-corrected chi connectivity index (χ4v) is 1.59. The summed E-state index contributed by atoms with van der Waals surface area (Å²) in [5.41, 5.74) is 1.26. The average molecular weight is 204 g/mol. The number of Topliss-reactive ketones (excluding diaryl/α,β-unsaturated/α-hetero) is 1. The third-order valence-electron chi connectivity index (χ3n) is 2.31. The van der Waals surface area contributed by atoms with Gasteiger partial charge < -0.3 is 9.47 Å². The summed E-state index contributed by atoms with van der Waals surface area (Å²) in [5, 5.41) is 0.